The molecule has 0 atom stereocenters. The molecule has 1 aromatic rings. The van der Waals surface area contributed by atoms with E-state index in [2.05, 4.69) is 24.4 Å². The van der Waals surface area contributed by atoms with Crippen LogP contribution in [0.5, 0.6) is 0 Å². The lowest BCUT2D eigenvalue weighted by Crippen LogP contribution is -2.20. The smallest absolute Gasteiger partial charge is 0.325 e. The van der Waals surface area contributed by atoms with Crippen molar-refractivity contribution in [3.63, 3.8) is 0 Å². The molecule has 0 saturated heterocycles. The van der Waals surface area contributed by atoms with Crippen LogP contribution < -0.4 is 5.32 Å². The predicted octanol–water partition coefficient (Wildman–Crippen LogP) is 3.00. The Morgan fingerprint density at radius 3 is 2.47 bits per heavy atom. The minimum Gasteiger partial charge on any atom is -0.462 e. The maximum atomic E-state index is 11.3. The molecule has 0 amide bonds. The lowest BCUT2D eigenvalue weighted by molar-refractivity contribution is -0.145. The van der Waals surface area contributed by atoms with Crippen LogP contribution in [-0.2, 0) is 16.0 Å². The average molecular weight is 235 g/mol. The van der Waals surface area contributed by atoms with E-state index in [-0.39, 0.29) is 18.6 Å². The molecule has 0 saturated carbocycles. The molecular formula is C14H21NO2. The third-order valence-electron chi connectivity index (χ3n) is 2.30. The van der Waals surface area contributed by atoms with Crippen molar-refractivity contribution >= 4 is 11.7 Å². The number of nitrogens with one attached hydrogen (secondary N) is 1. The number of benzene rings is 1. The summed E-state index contributed by atoms with van der Waals surface area (Å²) < 4.78 is 5.03. The molecule has 0 radical (unpaired) electrons. The molecule has 0 aliphatic rings. The molecule has 17 heavy (non-hydrogen) atoms. The summed E-state index contributed by atoms with van der Waals surface area (Å²) in [6.45, 7) is 6.06. The van der Waals surface area contributed by atoms with Crippen LogP contribution in [0.4, 0.5) is 5.69 Å². The van der Waals surface area contributed by atoms with E-state index in [4.69, 9.17) is 4.74 Å². The van der Waals surface area contributed by atoms with E-state index in [9.17, 15) is 4.79 Å². The molecule has 94 valence electrons. The van der Waals surface area contributed by atoms with Gasteiger partial charge in [0.2, 0.25) is 0 Å². The molecule has 3 nitrogen and oxygen atoms in total. The zero-order chi connectivity index (χ0) is 12.7. The summed E-state index contributed by atoms with van der Waals surface area (Å²) in [5.74, 6) is -0.224. The van der Waals surface area contributed by atoms with Gasteiger partial charge in [0.1, 0.15) is 6.54 Å². The molecule has 0 fully saturated rings. The molecule has 0 unspecified atom stereocenters. The second-order valence-corrected chi connectivity index (χ2v) is 4.34. The van der Waals surface area contributed by atoms with Crippen molar-refractivity contribution in [3.8, 4) is 0 Å². The van der Waals surface area contributed by atoms with E-state index >= 15 is 0 Å². The van der Waals surface area contributed by atoms with E-state index < -0.39 is 0 Å². The normalized spacial score (nSPS) is 10.4. The zero-order valence-electron chi connectivity index (χ0n) is 10.8. The minimum atomic E-state index is -0.224. The summed E-state index contributed by atoms with van der Waals surface area (Å²) >= 11 is 0. The summed E-state index contributed by atoms with van der Waals surface area (Å²) in [6.07, 6.45) is 2.18. The van der Waals surface area contributed by atoms with E-state index in [0.29, 0.717) is 0 Å². The van der Waals surface area contributed by atoms with Gasteiger partial charge < -0.3 is 10.1 Å². The van der Waals surface area contributed by atoms with E-state index in [1.54, 1.807) is 0 Å². The molecule has 1 N–H and O–H groups in total. The van der Waals surface area contributed by atoms with Crippen LogP contribution in [0.25, 0.3) is 0 Å². The van der Waals surface area contributed by atoms with Crippen molar-refractivity contribution in [2.45, 2.75) is 39.7 Å². The van der Waals surface area contributed by atoms with Gasteiger partial charge in [-0.3, -0.25) is 4.79 Å². The van der Waals surface area contributed by atoms with E-state index in [1.807, 2.05) is 26.0 Å². The summed E-state index contributed by atoms with van der Waals surface area (Å²) in [7, 11) is 0. The van der Waals surface area contributed by atoms with Gasteiger partial charge in [0.15, 0.2) is 0 Å². The van der Waals surface area contributed by atoms with Crippen LogP contribution in [0.1, 0.15) is 32.8 Å². The Kier molecular flexibility index (Phi) is 5.53. The first-order valence-electron chi connectivity index (χ1n) is 6.14. The van der Waals surface area contributed by atoms with Gasteiger partial charge >= 0.3 is 5.97 Å². The Hall–Kier alpha value is -1.51. The van der Waals surface area contributed by atoms with Crippen molar-refractivity contribution in [1.82, 2.24) is 0 Å². The number of aryl methyl sites for hydroxylation is 1. The highest BCUT2D eigenvalue weighted by Crippen LogP contribution is 2.10. The van der Waals surface area contributed by atoms with Gasteiger partial charge in [-0.2, -0.15) is 0 Å². The maximum Gasteiger partial charge on any atom is 0.325 e. The Labute approximate surface area is 103 Å². The summed E-state index contributed by atoms with van der Waals surface area (Å²) in [5.41, 5.74) is 2.27. The number of hydrogen-bond acceptors (Lipinski definition) is 3. The fourth-order valence-corrected chi connectivity index (χ4v) is 1.56. The number of carbonyl (C=O) groups excluding carboxylic acids is 1. The van der Waals surface area contributed by atoms with Gasteiger partial charge in [-0.1, -0.05) is 25.5 Å². The Morgan fingerprint density at radius 1 is 1.29 bits per heavy atom. The molecular weight excluding hydrogens is 214 g/mol. The van der Waals surface area contributed by atoms with Crippen LogP contribution in [0.3, 0.4) is 0 Å². The maximum absolute atomic E-state index is 11.3. The highest BCUT2D eigenvalue weighted by Gasteiger charge is 2.04. The fraction of sp³-hybridized carbons (Fsp3) is 0.500. The van der Waals surface area contributed by atoms with Crippen LogP contribution >= 0.6 is 0 Å². The number of rotatable bonds is 6. The van der Waals surface area contributed by atoms with Crippen LogP contribution in [0, 0.1) is 0 Å². The minimum absolute atomic E-state index is 0.0590. The van der Waals surface area contributed by atoms with Gasteiger partial charge in [-0.15, -0.1) is 0 Å². The Balaban J connectivity index is 2.39. The quantitative estimate of drug-likeness (QED) is 0.770. The highest BCUT2D eigenvalue weighted by atomic mass is 16.5. The molecule has 3 heteroatoms. The van der Waals surface area contributed by atoms with Gasteiger partial charge in [0.05, 0.1) is 6.10 Å². The first-order valence-corrected chi connectivity index (χ1v) is 6.14. The molecule has 0 aliphatic carbocycles. The van der Waals surface area contributed by atoms with Crippen molar-refractivity contribution in [2.24, 2.45) is 0 Å². The number of ether oxygens (including phenoxy) is 1. The number of esters is 1. The highest BCUT2D eigenvalue weighted by molar-refractivity contribution is 5.75. The molecule has 0 bridgehead atoms. The van der Waals surface area contributed by atoms with Crippen molar-refractivity contribution in [3.05, 3.63) is 29.8 Å². The zero-order valence-corrected chi connectivity index (χ0v) is 10.8. The van der Waals surface area contributed by atoms with Crippen LogP contribution in [-0.4, -0.2) is 18.6 Å². The molecule has 1 rings (SSSR count). The third kappa shape index (κ3) is 5.38. The van der Waals surface area contributed by atoms with Gasteiger partial charge in [-0.05, 0) is 38.0 Å². The summed E-state index contributed by atoms with van der Waals surface area (Å²) in [6, 6.07) is 8.15. The van der Waals surface area contributed by atoms with Crippen LogP contribution in [0.15, 0.2) is 24.3 Å². The lowest BCUT2D eigenvalue weighted by Gasteiger charge is -2.09. The first-order chi connectivity index (χ1) is 8.11. The number of hydrogen-bond donors (Lipinski definition) is 1. The van der Waals surface area contributed by atoms with Gasteiger partial charge in [0.25, 0.3) is 0 Å². The van der Waals surface area contributed by atoms with E-state index in [1.165, 1.54) is 5.56 Å². The molecule has 0 heterocycles. The number of anilines is 1. The van der Waals surface area contributed by atoms with Gasteiger partial charge in [0, 0.05) is 5.69 Å². The standard InChI is InChI=1S/C14H21NO2/c1-4-5-12-6-8-13(9-7-12)15-10-14(16)17-11(2)3/h6-9,11,15H,4-5,10H2,1-3H3. The predicted molar refractivity (Wildman–Crippen MR) is 70.2 cm³/mol. The van der Waals surface area contributed by atoms with Crippen LogP contribution in [0.2, 0.25) is 0 Å². The summed E-state index contributed by atoms with van der Waals surface area (Å²) in [4.78, 5) is 11.3. The van der Waals surface area contributed by atoms with Crippen molar-refractivity contribution in [1.29, 1.82) is 0 Å². The second-order valence-electron chi connectivity index (χ2n) is 4.34. The topological polar surface area (TPSA) is 38.3 Å². The summed E-state index contributed by atoms with van der Waals surface area (Å²) in [5, 5.41) is 3.04. The van der Waals surface area contributed by atoms with Crippen molar-refractivity contribution < 1.29 is 9.53 Å². The largest absolute Gasteiger partial charge is 0.462 e. The van der Waals surface area contributed by atoms with Crippen molar-refractivity contribution in [2.75, 3.05) is 11.9 Å². The Bertz CT molecular complexity index is 344. The average Bonchev–Trinajstić information content (AvgIpc) is 2.28. The molecule has 1 aromatic carbocycles. The molecule has 0 aliphatic heterocycles. The Morgan fingerprint density at radius 2 is 1.94 bits per heavy atom. The lowest BCUT2D eigenvalue weighted by atomic mass is 10.1. The van der Waals surface area contributed by atoms with Gasteiger partial charge in [-0.25, -0.2) is 0 Å². The molecule has 0 spiro atoms. The monoisotopic (exact) mass is 235 g/mol. The fourth-order valence-electron chi connectivity index (χ4n) is 1.56. The molecule has 0 aromatic heterocycles. The second kappa shape index (κ2) is 6.94. The first kappa shape index (κ1) is 13.6. The van der Waals surface area contributed by atoms with E-state index in [0.717, 1.165) is 18.5 Å². The third-order valence-corrected chi connectivity index (χ3v) is 2.30. The SMILES string of the molecule is CCCc1ccc(NCC(=O)OC(C)C)cc1. The number of carbonyl (C=O) groups is 1.